The molecule has 8 heteroatoms. The molecule has 5 N–H and O–H groups in total. The molecular formula is C12H19N3O4S. The topological polar surface area (TPSA) is 117 Å². The van der Waals surface area contributed by atoms with Crippen LogP contribution in [0.5, 0.6) is 0 Å². The van der Waals surface area contributed by atoms with Crippen LogP contribution in [0.4, 0.5) is 10.7 Å². The number of anilines is 2. The second-order valence-corrected chi connectivity index (χ2v) is 4.78. The maximum absolute atomic E-state index is 11.9. The van der Waals surface area contributed by atoms with Gasteiger partial charge in [-0.15, -0.1) is 11.3 Å². The van der Waals surface area contributed by atoms with E-state index in [0.717, 1.165) is 11.3 Å². The van der Waals surface area contributed by atoms with Gasteiger partial charge < -0.3 is 26.3 Å². The van der Waals surface area contributed by atoms with Gasteiger partial charge >= 0.3 is 5.97 Å². The number of ether oxygens (including phenoxy) is 2. The van der Waals surface area contributed by atoms with E-state index in [-0.39, 0.29) is 22.7 Å². The van der Waals surface area contributed by atoms with Crippen molar-refractivity contribution in [1.82, 2.24) is 0 Å². The molecule has 1 heterocycles. The first-order chi connectivity index (χ1) is 9.52. The lowest BCUT2D eigenvalue weighted by molar-refractivity contribution is 0.0529. The summed E-state index contributed by atoms with van der Waals surface area (Å²) in [6, 6.07) is 0. The normalized spacial score (nSPS) is 10.3. The lowest BCUT2D eigenvalue weighted by Gasteiger charge is -2.07. The van der Waals surface area contributed by atoms with Crippen LogP contribution in [0.1, 0.15) is 33.9 Å². The van der Waals surface area contributed by atoms with E-state index in [1.54, 1.807) is 6.92 Å². The largest absolute Gasteiger partial charge is 0.462 e. The summed E-state index contributed by atoms with van der Waals surface area (Å²) >= 11 is 1.04. The molecule has 0 fully saturated rings. The molecule has 0 saturated heterocycles. The maximum Gasteiger partial charge on any atom is 0.343 e. The first kappa shape index (κ1) is 16.3. The molecule has 0 unspecified atom stereocenters. The number of hydrogen-bond donors (Lipinski definition) is 3. The molecule has 7 nitrogen and oxygen atoms in total. The molecule has 0 bridgehead atoms. The number of thiophene rings is 1. The third-order valence-electron chi connectivity index (χ3n) is 2.38. The minimum Gasteiger partial charge on any atom is -0.462 e. The first-order valence-electron chi connectivity index (χ1n) is 6.23. The minimum atomic E-state index is -0.670. The summed E-state index contributed by atoms with van der Waals surface area (Å²) in [5.74, 6) is -1.25. The molecule has 0 radical (unpaired) electrons. The molecule has 0 aliphatic heterocycles. The lowest BCUT2D eigenvalue weighted by Crippen LogP contribution is -2.14. The second kappa shape index (κ2) is 7.71. The van der Waals surface area contributed by atoms with Gasteiger partial charge in [0.05, 0.1) is 18.9 Å². The Morgan fingerprint density at radius 2 is 2.00 bits per heavy atom. The average Bonchev–Trinajstić information content (AvgIpc) is 2.72. The second-order valence-electron chi connectivity index (χ2n) is 3.76. The number of carbonyl (C=O) groups is 2. The SMILES string of the molecule is CCOCCNc1sc(C(N)=O)c(N)c1C(=O)OCC. The van der Waals surface area contributed by atoms with Gasteiger partial charge in [0.2, 0.25) is 0 Å². The van der Waals surface area contributed by atoms with E-state index in [1.807, 2.05) is 6.92 Å². The van der Waals surface area contributed by atoms with E-state index < -0.39 is 11.9 Å². The molecule has 1 rings (SSSR count). The predicted molar refractivity (Wildman–Crippen MR) is 78.2 cm³/mol. The van der Waals surface area contributed by atoms with Gasteiger partial charge in [-0.2, -0.15) is 0 Å². The molecule has 0 atom stereocenters. The fraction of sp³-hybridized carbons (Fsp3) is 0.500. The molecule has 0 aliphatic rings. The van der Waals surface area contributed by atoms with Gasteiger partial charge in [-0.05, 0) is 13.8 Å². The van der Waals surface area contributed by atoms with Gasteiger partial charge in [-0.3, -0.25) is 4.79 Å². The number of carbonyl (C=O) groups excluding carboxylic acids is 2. The summed E-state index contributed by atoms with van der Waals surface area (Å²) in [7, 11) is 0. The van der Waals surface area contributed by atoms with Crippen molar-refractivity contribution in [1.29, 1.82) is 0 Å². The molecule has 0 aliphatic carbocycles. The Bertz CT molecular complexity index is 487. The van der Waals surface area contributed by atoms with E-state index in [0.29, 0.717) is 24.8 Å². The Balaban J connectivity index is 2.98. The Labute approximate surface area is 121 Å². The zero-order chi connectivity index (χ0) is 15.1. The van der Waals surface area contributed by atoms with Crippen molar-refractivity contribution in [3.63, 3.8) is 0 Å². The van der Waals surface area contributed by atoms with Crippen molar-refractivity contribution in [2.75, 3.05) is 37.4 Å². The zero-order valence-corrected chi connectivity index (χ0v) is 12.3. The van der Waals surface area contributed by atoms with Crippen molar-refractivity contribution in [2.45, 2.75) is 13.8 Å². The van der Waals surface area contributed by atoms with Crippen molar-refractivity contribution in [3.8, 4) is 0 Å². The van der Waals surface area contributed by atoms with Crippen LogP contribution < -0.4 is 16.8 Å². The molecule has 1 aromatic rings. The van der Waals surface area contributed by atoms with Crippen LogP contribution in [0.15, 0.2) is 0 Å². The van der Waals surface area contributed by atoms with Gasteiger partial charge in [-0.25, -0.2) is 4.79 Å². The smallest absolute Gasteiger partial charge is 0.343 e. The van der Waals surface area contributed by atoms with Crippen LogP contribution in [-0.2, 0) is 9.47 Å². The molecular weight excluding hydrogens is 282 g/mol. The van der Waals surface area contributed by atoms with Gasteiger partial charge in [0.15, 0.2) is 0 Å². The molecule has 0 aromatic carbocycles. The van der Waals surface area contributed by atoms with E-state index in [4.69, 9.17) is 20.9 Å². The molecule has 20 heavy (non-hydrogen) atoms. The van der Waals surface area contributed by atoms with Gasteiger partial charge in [-0.1, -0.05) is 0 Å². The average molecular weight is 301 g/mol. The monoisotopic (exact) mass is 301 g/mol. The van der Waals surface area contributed by atoms with Crippen molar-refractivity contribution >= 4 is 33.9 Å². The summed E-state index contributed by atoms with van der Waals surface area (Å²) < 4.78 is 10.1. The van der Waals surface area contributed by atoms with Crippen LogP contribution >= 0.6 is 11.3 Å². The predicted octanol–water partition coefficient (Wildman–Crippen LogP) is 1.05. The van der Waals surface area contributed by atoms with Crippen LogP contribution in [-0.4, -0.2) is 38.2 Å². The number of primary amides is 1. The summed E-state index contributed by atoms with van der Waals surface area (Å²) in [6.45, 7) is 5.36. The van der Waals surface area contributed by atoms with Crippen molar-refractivity contribution in [3.05, 3.63) is 10.4 Å². The third kappa shape index (κ3) is 3.84. The minimum absolute atomic E-state index is 0.0554. The van der Waals surface area contributed by atoms with Crippen LogP contribution in [0.3, 0.4) is 0 Å². The molecule has 0 saturated carbocycles. The number of nitrogen functional groups attached to an aromatic ring is 1. The van der Waals surface area contributed by atoms with Crippen LogP contribution in [0.25, 0.3) is 0 Å². The summed E-state index contributed by atoms with van der Waals surface area (Å²) in [4.78, 5) is 23.3. The fourth-order valence-corrected chi connectivity index (χ4v) is 2.52. The highest BCUT2D eigenvalue weighted by Crippen LogP contribution is 2.35. The van der Waals surface area contributed by atoms with Crippen LogP contribution in [0.2, 0.25) is 0 Å². The van der Waals surface area contributed by atoms with E-state index >= 15 is 0 Å². The van der Waals surface area contributed by atoms with Crippen LogP contribution in [0, 0.1) is 0 Å². The lowest BCUT2D eigenvalue weighted by atomic mass is 10.2. The van der Waals surface area contributed by atoms with Crippen molar-refractivity contribution < 1.29 is 19.1 Å². The van der Waals surface area contributed by atoms with E-state index in [2.05, 4.69) is 5.32 Å². The van der Waals surface area contributed by atoms with Gasteiger partial charge in [0, 0.05) is 13.2 Å². The maximum atomic E-state index is 11.9. The highest BCUT2D eigenvalue weighted by atomic mass is 32.1. The fourth-order valence-electron chi connectivity index (χ4n) is 1.54. The first-order valence-corrected chi connectivity index (χ1v) is 7.05. The number of rotatable bonds is 8. The molecule has 0 spiro atoms. The Hall–Kier alpha value is -1.80. The third-order valence-corrected chi connectivity index (χ3v) is 3.56. The summed E-state index contributed by atoms with van der Waals surface area (Å²) in [5.41, 5.74) is 11.2. The number of esters is 1. The standard InChI is InChI=1S/C12H19N3O4S/c1-3-18-6-5-15-11-7(12(17)19-4-2)8(13)9(20-11)10(14)16/h15H,3-6,13H2,1-2H3,(H2,14,16). The molecule has 112 valence electrons. The highest BCUT2D eigenvalue weighted by Gasteiger charge is 2.25. The molecule has 1 amide bonds. The van der Waals surface area contributed by atoms with Crippen molar-refractivity contribution in [2.24, 2.45) is 5.73 Å². The Kier molecular flexibility index (Phi) is 6.26. The summed E-state index contributed by atoms with van der Waals surface area (Å²) in [6.07, 6.45) is 0. The van der Waals surface area contributed by atoms with E-state index in [1.165, 1.54) is 0 Å². The molecule has 1 aromatic heterocycles. The summed E-state index contributed by atoms with van der Waals surface area (Å²) in [5, 5.41) is 3.48. The van der Waals surface area contributed by atoms with Gasteiger partial charge in [0.25, 0.3) is 5.91 Å². The highest BCUT2D eigenvalue weighted by molar-refractivity contribution is 7.19. The number of amides is 1. The number of hydrogen-bond acceptors (Lipinski definition) is 7. The number of nitrogens with two attached hydrogens (primary N) is 2. The van der Waals surface area contributed by atoms with Gasteiger partial charge in [0.1, 0.15) is 15.4 Å². The quantitative estimate of drug-likeness (QED) is 0.488. The Morgan fingerprint density at radius 3 is 2.55 bits per heavy atom. The van der Waals surface area contributed by atoms with E-state index in [9.17, 15) is 9.59 Å². The Morgan fingerprint density at radius 1 is 1.30 bits per heavy atom. The zero-order valence-electron chi connectivity index (χ0n) is 11.5. The number of nitrogens with one attached hydrogen (secondary N) is 1.